The molecule has 0 saturated heterocycles. The number of nitrogens with one attached hydrogen (secondary N) is 1. The number of hydrogen-bond acceptors (Lipinski definition) is 4. The van der Waals surface area contributed by atoms with Gasteiger partial charge in [0.1, 0.15) is 11.4 Å². The number of rotatable bonds is 7. The van der Waals surface area contributed by atoms with Crippen LogP contribution in [-0.4, -0.2) is 18.4 Å². The lowest BCUT2D eigenvalue weighted by molar-refractivity contribution is -0.120. The van der Waals surface area contributed by atoms with Gasteiger partial charge in [0, 0.05) is 11.1 Å². The van der Waals surface area contributed by atoms with Gasteiger partial charge in [-0.2, -0.15) is 0 Å². The number of ether oxygens (including phenoxy) is 1. The Labute approximate surface area is 204 Å². The molecule has 174 valence electrons. The summed E-state index contributed by atoms with van der Waals surface area (Å²) in [5, 5.41) is 5.33. The van der Waals surface area contributed by atoms with E-state index < -0.39 is 0 Å². The second kappa shape index (κ2) is 9.47. The Morgan fingerprint density at radius 1 is 0.800 bits per heavy atom. The first-order valence-electron chi connectivity index (χ1n) is 11.7. The molecule has 0 unspecified atom stereocenters. The molecule has 0 spiro atoms. The first-order chi connectivity index (χ1) is 17.1. The fourth-order valence-corrected chi connectivity index (χ4v) is 4.25. The van der Waals surface area contributed by atoms with Crippen LogP contribution in [0.3, 0.4) is 0 Å². The first kappa shape index (κ1) is 22.4. The van der Waals surface area contributed by atoms with Crippen LogP contribution >= 0.6 is 0 Å². The van der Waals surface area contributed by atoms with Gasteiger partial charge in [-0.1, -0.05) is 73.2 Å². The molecule has 35 heavy (non-hydrogen) atoms. The third-order valence-electron chi connectivity index (χ3n) is 6.04. The highest BCUT2D eigenvalue weighted by Gasteiger charge is 2.40. The number of anilines is 2. The van der Waals surface area contributed by atoms with Crippen molar-refractivity contribution in [1.29, 1.82) is 0 Å². The van der Waals surface area contributed by atoms with E-state index in [0.29, 0.717) is 23.4 Å². The highest BCUT2D eigenvalue weighted by molar-refractivity contribution is 6.46. The standard InChI is InChI=1S/C30H26N2O3/c1-3-19-35-24-17-13-22(14-18-24)27-28(31-26-10-6-8-21-7-4-5-9-25(21)26)30(34)32(29(27)33)23-15-11-20(2)12-16-23/h4-18,31H,3,19H2,1-2H3. The summed E-state index contributed by atoms with van der Waals surface area (Å²) in [7, 11) is 0. The maximum atomic E-state index is 13.7. The summed E-state index contributed by atoms with van der Waals surface area (Å²) in [6.07, 6.45) is 0.907. The third kappa shape index (κ3) is 4.28. The Balaban J connectivity index is 1.60. The number of imide groups is 1. The molecule has 1 N–H and O–H groups in total. The largest absolute Gasteiger partial charge is 0.494 e. The van der Waals surface area contributed by atoms with Crippen molar-refractivity contribution >= 4 is 39.5 Å². The van der Waals surface area contributed by atoms with Crippen molar-refractivity contribution in [3.05, 3.63) is 108 Å². The molecule has 4 aromatic rings. The number of benzene rings is 4. The number of fused-ring (bicyclic) bond motifs is 1. The Morgan fingerprint density at radius 3 is 2.26 bits per heavy atom. The lowest BCUT2D eigenvalue weighted by Gasteiger charge is -2.16. The number of hydrogen-bond donors (Lipinski definition) is 1. The summed E-state index contributed by atoms with van der Waals surface area (Å²) < 4.78 is 5.70. The predicted molar refractivity (Wildman–Crippen MR) is 140 cm³/mol. The topological polar surface area (TPSA) is 58.6 Å². The van der Waals surface area contributed by atoms with Crippen molar-refractivity contribution < 1.29 is 14.3 Å². The van der Waals surface area contributed by atoms with E-state index in [1.807, 2.05) is 92.7 Å². The molecule has 0 aromatic heterocycles. The van der Waals surface area contributed by atoms with Gasteiger partial charge in [0.05, 0.1) is 17.9 Å². The number of aryl methyl sites for hydroxylation is 1. The van der Waals surface area contributed by atoms with Crippen molar-refractivity contribution in [2.24, 2.45) is 0 Å². The van der Waals surface area contributed by atoms with E-state index in [1.165, 1.54) is 4.90 Å². The first-order valence-corrected chi connectivity index (χ1v) is 11.7. The SMILES string of the molecule is CCCOc1ccc(C2=C(Nc3cccc4ccccc34)C(=O)N(c3ccc(C)cc3)C2=O)cc1. The van der Waals surface area contributed by atoms with Crippen LogP contribution in [0.25, 0.3) is 16.3 Å². The van der Waals surface area contributed by atoms with E-state index in [-0.39, 0.29) is 17.5 Å². The molecule has 5 nitrogen and oxygen atoms in total. The molecule has 0 saturated carbocycles. The number of amides is 2. The molecule has 2 amide bonds. The molecular formula is C30H26N2O3. The predicted octanol–water partition coefficient (Wildman–Crippen LogP) is 6.33. The molecule has 0 bridgehead atoms. The zero-order valence-corrected chi connectivity index (χ0v) is 19.7. The molecule has 1 aliphatic heterocycles. The fraction of sp³-hybridized carbons (Fsp3) is 0.133. The van der Waals surface area contributed by atoms with Crippen LogP contribution in [0.15, 0.2) is 96.7 Å². The van der Waals surface area contributed by atoms with Crippen molar-refractivity contribution in [1.82, 2.24) is 0 Å². The lowest BCUT2D eigenvalue weighted by Crippen LogP contribution is -2.32. The van der Waals surface area contributed by atoms with Crippen LogP contribution in [0.4, 0.5) is 11.4 Å². The average molecular weight is 463 g/mol. The summed E-state index contributed by atoms with van der Waals surface area (Å²) in [6, 6.07) is 28.5. The summed E-state index contributed by atoms with van der Waals surface area (Å²) in [5.74, 6) is -0.0103. The van der Waals surface area contributed by atoms with Gasteiger partial charge in [0.2, 0.25) is 0 Å². The van der Waals surface area contributed by atoms with Crippen molar-refractivity contribution in [2.45, 2.75) is 20.3 Å². The average Bonchev–Trinajstić information content (AvgIpc) is 3.13. The van der Waals surface area contributed by atoms with Crippen LogP contribution in [0.1, 0.15) is 24.5 Å². The summed E-state index contributed by atoms with van der Waals surface area (Å²) in [5.41, 5.74) is 3.62. The minimum Gasteiger partial charge on any atom is -0.494 e. The molecule has 1 aliphatic rings. The van der Waals surface area contributed by atoms with E-state index in [1.54, 1.807) is 12.1 Å². The minimum absolute atomic E-state index is 0.258. The minimum atomic E-state index is -0.381. The van der Waals surface area contributed by atoms with Gasteiger partial charge in [0.25, 0.3) is 11.8 Å². The van der Waals surface area contributed by atoms with Crippen molar-refractivity contribution in [3.63, 3.8) is 0 Å². The Morgan fingerprint density at radius 2 is 1.51 bits per heavy atom. The molecule has 0 aliphatic carbocycles. The molecule has 0 atom stereocenters. The van der Waals surface area contributed by atoms with E-state index in [4.69, 9.17) is 4.74 Å². The normalized spacial score (nSPS) is 13.6. The number of nitrogens with zero attached hydrogens (tertiary/aromatic N) is 1. The van der Waals surface area contributed by atoms with Gasteiger partial charge in [-0.25, -0.2) is 4.90 Å². The van der Waals surface area contributed by atoms with Crippen LogP contribution in [0, 0.1) is 6.92 Å². The highest BCUT2D eigenvalue weighted by Crippen LogP contribution is 2.35. The number of carbonyl (C=O) groups is 2. The molecule has 5 rings (SSSR count). The maximum Gasteiger partial charge on any atom is 0.282 e. The van der Waals surface area contributed by atoms with Crippen LogP contribution in [0.5, 0.6) is 5.75 Å². The van der Waals surface area contributed by atoms with E-state index in [2.05, 4.69) is 5.32 Å². The highest BCUT2D eigenvalue weighted by atomic mass is 16.5. The van der Waals surface area contributed by atoms with Gasteiger partial charge in [-0.3, -0.25) is 9.59 Å². The quantitative estimate of drug-likeness (QED) is 0.326. The Kier molecular flexibility index (Phi) is 6.06. The smallest absolute Gasteiger partial charge is 0.282 e. The van der Waals surface area contributed by atoms with Crippen molar-refractivity contribution in [3.8, 4) is 5.75 Å². The Hall–Kier alpha value is -4.38. The van der Waals surface area contributed by atoms with Gasteiger partial charge in [-0.05, 0) is 54.6 Å². The summed E-state index contributed by atoms with van der Waals surface area (Å²) in [4.78, 5) is 28.6. The van der Waals surface area contributed by atoms with E-state index >= 15 is 0 Å². The zero-order chi connectivity index (χ0) is 24.4. The fourth-order valence-electron chi connectivity index (χ4n) is 4.25. The summed E-state index contributed by atoms with van der Waals surface area (Å²) >= 11 is 0. The molecule has 5 heteroatoms. The van der Waals surface area contributed by atoms with Crippen LogP contribution in [-0.2, 0) is 9.59 Å². The molecule has 0 fully saturated rings. The molecule has 4 aromatic carbocycles. The monoisotopic (exact) mass is 462 g/mol. The van der Waals surface area contributed by atoms with Gasteiger partial charge >= 0.3 is 0 Å². The maximum absolute atomic E-state index is 13.7. The van der Waals surface area contributed by atoms with E-state index in [9.17, 15) is 9.59 Å². The van der Waals surface area contributed by atoms with E-state index in [0.717, 1.165) is 34.2 Å². The summed E-state index contributed by atoms with van der Waals surface area (Å²) in [6.45, 7) is 4.64. The van der Waals surface area contributed by atoms with Crippen LogP contribution in [0.2, 0.25) is 0 Å². The second-order valence-electron chi connectivity index (χ2n) is 8.56. The third-order valence-corrected chi connectivity index (χ3v) is 6.04. The Bertz CT molecular complexity index is 1430. The second-order valence-corrected chi connectivity index (χ2v) is 8.56. The van der Waals surface area contributed by atoms with Gasteiger partial charge in [-0.15, -0.1) is 0 Å². The lowest BCUT2D eigenvalue weighted by atomic mass is 10.0. The van der Waals surface area contributed by atoms with Gasteiger partial charge < -0.3 is 10.1 Å². The van der Waals surface area contributed by atoms with Gasteiger partial charge in [0.15, 0.2) is 0 Å². The van der Waals surface area contributed by atoms with Crippen LogP contribution < -0.4 is 15.0 Å². The molecular weight excluding hydrogens is 436 g/mol. The zero-order valence-electron chi connectivity index (χ0n) is 19.7. The number of carbonyl (C=O) groups excluding carboxylic acids is 2. The molecule has 1 heterocycles. The van der Waals surface area contributed by atoms with Crippen molar-refractivity contribution in [2.75, 3.05) is 16.8 Å². The molecule has 0 radical (unpaired) electrons.